The summed E-state index contributed by atoms with van der Waals surface area (Å²) in [4.78, 5) is 4.04. The van der Waals surface area contributed by atoms with Gasteiger partial charge in [0.05, 0.1) is 18.9 Å². The number of ether oxygens (including phenoxy) is 1. The molecule has 1 aromatic heterocycles. The molecule has 0 bridgehead atoms. The van der Waals surface area contributed by atoms with Gasteiger partial charge in [0, 0.05) is 11.8 Å². The van der Waals surface area contributed by atoms with Crippen LogP contribution >= 0.6 is 0 Å². The van der Waals surface area contributed by atoms with Crippen LogP contribution in [0.15, 0.2) is 36.7 Å². The lowest BCUT2D eigenvalue weighted by Gasteiger charge is -2.05. The van der Waals surface area contributed by atoms with Crippen LogP contribution < -0.4 is 4.74 Å². The minimum atomic E-state index is -0.0212. The maximum atomic E-state index is 9.42. The number of phenolic OH excluding ortho intramolecular Hbond substituents is 1. The third kappa shape index (κ3) is 2.18. The van der Waals surface area contributed by atoms with Crippen molar-refractivity contribution >= 4 is 0 Å². The number of pyridine rings is 1. The van der Waals surface area contributed by atoms with Crippen LogP contribution in [0.4, 0.5) is 0 Å². The van der Waals surface area contributed by atoms with Gasteiger partial charge in [-0.2, -0.15) is 5.26 Å². The van der Waals surface area contributed by atoms with Gasteiger partial charge in [-0.05, 0) is 23.8 Å². The standard InChI is InChI=1S/C13H10N2O2/c1-17-12-5-11(7-15-8-12)9-2-3-13(16)10(4-9)6-14/h2-5,7-8,16H,1H3. The summed E-state index contributed by atoms with van der Waals surface area (Å²) < 4.78 is 5.08. The zero-order valence-corrected chi connectivity index (χ0v) is 9.21. The van der Waals surface area contributed by atoms with Crippen molar-refractivity contribution in [2.45, 2.75) is 0 Å². The molecular weight excluding hydrogens is 216 g/mol. The average Bonchev–Trinajstić information content (AvgIpc) is 2.39. The summed E-state index contributed by atoms with van der Waals surface area (Å²) in [7, 11) is 1.57. The number of aromatic nitrogens is 1. The Morgan fingerprint density at radius 2 is 2.06 bits per heavy atom. The highest BCUT2D eigenvalue weighted by atomic mass is 16.5. The first-order valence-electron chi connectivity index (χ1n) is 4.97. The lowest BCUT2D eigenvalue weighted by molar-refractivity contribution is 0.413. The van der Waals surface area contributed by atoms with Crippen LogP contribution in [0.25, 0.3) is 11.1 Å². The summed E-state index contributed by atoms with van der Waals surface area (Å²) in [5.74, 6) is 0.626. The lowest BCUT2D eigenvalue weighted by atomic mass is 10.0. The molecule has 17 heavy (non-hydrogen) atoms. The second kappa shape index (κ2) is 4.54. The van der Waals surface area contributed by atoms with Gasteiger partial charge in [0.25, 0.3) is 0 Å². The second-order valence-corrected chi connectivity index (χ2v) is 3.46. The van der Waals surface area contributed by atoms with Gasteiger partial charge in [-0.1, -0.05) is 6.07 Å². The molecule has 1 N–H and O–H groups in total. The van der Waals surface area contributed by atoms with Gasteiger partial charge >= 0.3 is 0 Å². The van der Waals surface area contributed by atoms with Crippen LogP contribution in [0.1, 0.15) is 5.56 Å². The number of aromatic hydroxyl groups is 1. The van der Waals surface area contributed by atoms with Gasteiger partial charge in [-0.25, -0.2) is 0 Å². The topological polar surface area (TPSA) is 66.1 Å². The zero-order chi connectivity index (χ0) is 12.3. The van der Waals surface area contributed by atoms with Gasteiger partial charge in [-0.15, -0.1) is 0 Å². The molecular formula is C13H10N2O2. The van der Waals surface area contributed by atoms with Gasteiger partial charge < -0.3 is 9.84 Å². The minimum Gasteiger partial charge on any atom is -0.507 e. The van der Waals surface area contributed by atoms with E-state index in [2.05, 4.69) is 4.98 Å². The van der Waals surface area contributed by atoms with Crippen molar-refractivity contribution in [2.24, 2.45) is 0 Å². The number of rotatable bonds is 2. The SMILES string of the molecule is COc1cncc(-c2ccc(O)c(C#N)c2)c1. The fraction of sp³-hybridized carbons (Fsp3) is 0.0769. The molecule has 4 nitrogen and oxygen atoms in total. The van der Waals surface area contributed by atoms with Crippen LogP contribution in [0.5, 0.6) is 11.5 Å². The third-order valence-corrected chi connectivity index (χ3v) is 2.40. The number of benzene rings is 1. The van der Waals surface area contributed by atoms with E-state index < -0.39 is 0 Å². The molecule has 0 amide bonds. The third-order valence-electron chi connectivity index (χ3n) is 2.40. The van der Waals surface area contributed by atoms with E-state index in [1.165, 1.54) is 6.07 Å². The van der Waals surface area contributed by atoms with Gasteiger partial charge in [0.15, 0.2) is 0 Å². The largest absolute Gasteiger partial charge is 0.507 e. The summed E-state index contributed by atoms with van der Waals surface area (Å²) in [5, 5.41) is 18.3. The Bertz CT molecular complexity index is 588. The summed E-state index contributed by atoms with van der Waals surface area (Å²) in [6.45, 7) is 0. The maximum Gasteiger partial charge on any atom is 0.137 e. The van der Waals surface area contributed by atoms with E-state index in [0.29, 0.717) is 5.75 Å². The number of nitrogens with zero attached hydrogens (tertiary/aromatic N) is 2. The van der Waals surface area contributed by atoms with Crippen molar-refractivity contribution in [1.29, 1.82) is 5.26 Å². The first-order chi connectivity index (χ1) is 8.24. The molecule has 84 valence electrons. The highest BCUT2D eigenvalue weighted by Crippen LogP contribution is 2.26. The fourth-order valence-corrected chi connectivity index (χ4v) is 1.49. The van der Waals surface area contributed by atoms with E-state index in [4.69, 9.17) is 10.00 Å². The second-order valence-electron chi connectivity index (χ2n) is 3.46. The molecule has 0 saturated carbocycles. The molecule has 0 spiro atoms. The smallest absolute Gasteiger partial charge is 0.137 e. The Labute approximate surface area is 98.7 Å². The molecule has 0 unspecified atom stereocenters. The summed E-state index contributed by atoms with van der Waals surface area (Å²) in [5.41, 5.74) is 1.89. The van der Waals surface area contributed by atoms with Crippen molar-refractivity contribution in [2.75, 3.05) is 7.11 Å². The minimum absolute atomic E-state index is 0.0212. The van der Waals surface area contributed by atoms with E-state index in [1.54, 1.807) is 31.6 Å². The Morgan fingerprint density at radius 3 is 2.76 bits per heavy atom. The van der Waals surface area contributed by atoms with E-state index in [-0.39, 0.29) is 11.3 Å². The van der Waals surface area contributed by atoms with Crippen LogP contribution in [0, 0.1) is 11.3 Å². The van der Waals surface area contributed by atoms with Crippen molar-refractivity contribution in [3.05, 3.63) is 42.2 Å². The molecule has 0 atom stereocenters. The number of phenols is 1. The molecule has 0 aliphatic carbocycles. The number of methoxy groups -OCH3 is 1. The molecule has 2 rings (SSSR count). The van der Waals surface area contributed by atoms with Crippen LogP contribution in [0.2, 0.25) is 0 Å². The molecule has 4 heteroatoms. The van der Waals surface area contributed by atoms with E-state index in [0.717, 1.165) is 11.1 Å². The quantitative estimate of drug-likeness (QED) is 0.853. The highest BCUT2D eigenvalue weighted by molar-refractivity contribution is 5.67. The van der Waals surface area contributed by atoms with Crippen molar-refractivity contribution in [3.8, 4) is 28.7 Å². The van der Waals surface area contributed by atoms with Gasteiger partial charge in [0.2, 0.25) is 0 Å². The first-order valence-corrected chi connectivity index (χ1v) is 4.97. The monoisotopic (exact) mass is 226 g/mol. The molecule has 0 radical (unpaired) electrons. The van der Waals surface area contributed by atoms with Crippen LogP contribution in [-0.4, -0.2) is 17.2 Å². The van der Waals surface area contributed by atoms with Crippen molar-refractivity contribution in [1.82, 2.24) is 4.98 Å². The molecule has 1 aromatic carbocycles. The van der Waals surface area contributed by atoms with E-state index in [9.17, 15) is 5.11 Å². The summed E-state index contributed by atoms with van der Waals surface area (Å²) >= 11 is 0. The molecule has 1 heterocycles. The van der Waals surface area contributed by atoms with Crippen LogP contribution in [-0.2, 0) is 0 Å². The summed E-state index contributed by atoms with van der Waals surface area (Å²) in [6, 6.07) is 8.59. The number of hydrogen-bond acceptors (Lipinski definition) is 4. The predicted molar refractivity (Wildman–Crippen MR) is 62.6 cm³/mol. The summed E-state index contributed by atoms with van der Waals surface area (Å²) in [6.07, 6.45) is 3.28. The van der Waals surface area contributed by atoms with E-state index in [1.807, 2.05) is 12.1 Å². The average molecular weight is 226 g/mol. The molecule has 0 aliphatic rings. The highest BCUT2D eigenvalue weighted by Gasteiger charge is 2.05. The number of nitriles is 1. The fourth-order valence-electron chi connectivity index (χ4n) is 1.49. The van der Waals surface area contributed by atoms with E-state index >= 15 is 0 Å². The van der Waals surface area contributed by atoms with Crippen molar-refractivity contribution < 1.29 is 9.84 Å². The molecule has 0 saturated heterocycles. The van der Waals surface area contributed by atoms with Crippen LogP contribution in [0.3, 0.4) is 0 Å². The normalized spacial score (nSPS) is 9.65. The first kappa shape index (κ1) is 11.0. The Hall–Kier alpha value is -2.54. The maximum absolute atomic E-state index is 9.42. The van der Waals surface area contributed by atoms with Gasteiger partial charge in [-0.3, -0.25) is 4.98 Å². The lowest BCUT2D eigenvalue weighted by Crippen LogP contribution is -1.87. The molecule has 2 aromatic rings. The van der Waals surface area contributed by atoms with Gasteiger partial charge in [0.1, 0.15) is 17.6 Å². The molecule has 0 aliphatic heterocycles. The number of hydrogen-bond donors (Lipinski definition) is 1. The van der Waals surface area contributed by atoms with Crippen molar-refractivity contribution in [3.63, 3.8) is 0 Å². The zero-order valence-electron chi connectivity index (χ0n) is 9.21. The predicted octanol–water partition coefficient (Wildman–Crippen LogP) is 2.33. The Balaban J connectivity index is 2.49. The molecule has 0 fully saturated rings. The Morgan fingerprint density at radius 1 is 1.24 bits per heavy atom. The Kier molecular flexibility index (Phi) is 2.93.